The van der Waals surface area contributed by atoms with Crippen LogP contribution in [0.25, 0.3) is 0 Å². The summed E-state index contributed by atoms with van der Waals surface area (Å²) in [6.07, 6.45) is 2.79. The fourth-order valence-electron chi connectivity index (χ4n) is 2.03. The minimum absolute atomic E-state index is 0.112. The number of hydrogen-bond acceptors (Lipinski definition) is 7. The summed E-state index contributed by atoms with van der Waals surface area (Å²) in [5.74, 6) is -0.684. The van der Waals surface area contributed by atoms with E-state index in [0.29, 0.717) is 11.5 Å². The average molecular weight is 368 g/mol. The molecule has 1 saturated heterocycles. The Morgan fingerprint density at radius 3 is 2.62 bits per heavy atom. The van der Waals surface area contributed by atoms with Crippen LogP contribution in [0.15, 0.2) is 24.4 Å². The first-order valence-corrected chi connectivity index (χ1v) is 10.0. The van der Waals surface area contributed by atoms with Gasteiger partial charge in [0.25, 0.3) is 11.8 Å². The number of carbonyl (C=O) groups is 3. The van der Waals surface area contributed by atoms with Crippen LogP contribution >= 0.6 is 21.6 Å². The first-order valence-electron chi connectivity index (χ1n) is 7.69. The average Bonchev–Trinajstić information content (AvgIpc) is 2.87. The summed E-state index contributed by atoms with van der Waals surface area (Å²) >= 11 is 0. The molecular weight excluding hydrogens is 348 g/mol. The lowest BCUT2D eigenvalue weighted by atomic mass is 10.1. The Hall–Kier alpha value is -1.54. The summed E-state index contributed by atoms with van der Waals surface area (Å²) in [7, 11) is 3.36. The molecule has 0 N–H and O–H groups in total. The Morgan fingerprint density at radius 2 is 2.00 bits per heavy atom. The molecule has 1 fully saturated rings. The smallest absolute Gasteiger partial charge is 0.330 e. The third-order valence-corrected chi connectivity index (χ3v) is 6.66. The van der Waals surface area contributed by atoms with Crippen molar-refractivity contribution in [1.29, 1.82) is 0 Å². The Kier molecular flexibility index (Phi) is 6.68. The number of hydrogen-bond donors (Lipinski definition) is 0. The second-order valence-corrected chi connectivity index (χ2v) is 8.82. The van der Waals surface area contributed by atoms with Gasteiger partial charge in [-0.25, -0.2) is 4.79 Å². The highest BCUT2D eigenvalue weighted by Crippen LogP contribution is 2.42. The third kappa shape index (κ3) is 5.24. The van der Waals surface area contributed by atoms with Crippen LogP contribution in [-0.4, -0.2) is 33.6 Å². The van der Waals surface area contributed by atoms with Crippen molar-refractivity contribution in [3.05, 3.63) is 30.1 Å². The Balaban J connectivity index is 1.65. The molecule has 0 unspecified atom stereocenters. The van der Waals surface area contributed by atoms with Gasteiger partial charge in [-0.1, -0.05) is 27.7 Å². The molecule has 0 spiro atoms. The van der Waals surface area contributed by atoms with Crippen molar-refractivity contribution in [1.82, 2.24) is 10.0 Å². The molecule has 0 saturated carbocycles. The van der Waals surface area contributed by atoms with Gasteiger partial charge in [-0.2, -0.15) is 0 Å². The van der Waals surface area contributed by atoms with Gasteiger partial charge in [-0.3, -0.25) is 14.6 Å². The van der Waals surface area contributed by atoms with Gasteiger partial charge in [0.2, 0.25) is 0 Å². The van der Waals surface area contributed by atoms with Gasteiger partial charge in [0, 0.05) is 31.2 Å². The SMILES string of the molecule is CC(C)(SSCCCC(=O)ON1C(=O)CCC1=O)c1ccccn1. The molecule has 1 aromatic rings. The van der Waals surface area contributed by atoms with Crippen molar-refractivity contribution >= 4 is 39.4 Å². The summed E-state index contributed by atoms with van der Waals surface area (Å²) in [6.45, 7) is 4.21. The van der Waals surface area contributed by atoms with E-state index in [9.17, 15) is 14.4 Å². The maximum atomic E-state index is 11.7. The molecule has 1 aliphatic heterocycles. The first kappa shape index (κ1) is 18.8. The lowest BCUT2D eigenvalue weighted by Crippen LogP contribution is -2.32. The van der Waals surface area contributed by atoms with Crippen LogP contribution in [0.5, 0.6) is 0 Å². The van der Waals surface area contributed by atoms with Gasteiger partial charge in [-0.15, -0.1) is 5.06 Å². The number of nitrogens with zero attached hydrogens (tertiary/aromatic N) is 2. The van der Waals surface area contributed by atoms with Crippen molar-refractivity contribution in [2.75, 3.05) is 5.75 Å². The van der Waals surface area contributed by atoms with Crippen LogP contribution in [0.4, 0.5) is 0 Å². The summed E-state index contributed by atoms with van der Waals surface area (Å²) in [4.78, 5) is 43.6. The van der Waals surface area contributed by atoms with Crippen molar-refractivity contribution in [3.8, 4) is 0 Å². The first-order chi connectivity index (χ1) is 11.4. The lowest BCUT2D eigenvalue weighted by Gasteiger charge is -2.22. The van der Waals surface area contributed by atoms with E-state index in [1.807, 2.05) is 18.2 Å². The number of amides is 2. The molecule has 2 heterocycles. The number of carbonyl (C=O) groups excluding carboxylic acids is 3. The van der Waals surface area contributed by atoms with Crippen molar-refractivity contribution < 1.29 is 19.2 Å². The molecule has 2 rings (SSSR count). The quantitative estimate of drug-likeness (QED) is 0.396. The predicted molar refractivity (Wildman–Crippen MR) is 93.7 cm³/mol. The Bertz CT molecular complexity index is 591. The van der Waals surface area contributed by atoms with Gasteiger partial charge in [0.15, 0.2) is 0 Å². The van der Waals surface area contributed by atoms with Crippen LogP contribution in [0.1, 0.15) is 45.2 Å². The minimum atomic E-state index is -0.548. The molecule has 8 heteroatoms. The molecule has 130 valence electrons. The number of aromatic nitrogens is 1. The predicted octanol–water partition coefficient (Wildman–Crippen LogP) is 3.09. The van der Waals surface area contributed by atoms with E-state index in [0.717, 1.165) is 11.4 Å². The highest BCUT2D eigenvalue weighted by molar-refractivity contribution is 8.77. The zero-order chi connectivity index (χ0) is 17.6. The zero-order valence-electron chi connectivity index (χ0n) is 13.7. The topological polar surface area (TPSA) is 76.6 Å². The van der Waals surface area contributed by atoms with Gasteiger partial charge in [-0.05, 0) is 32.4 Å². The minimum Gasteiger partial charge on any atom is -0.330 e. The van der Waals surface area contributed by atoms with Crippen LogP contribution in [-0.2, 0) is 24.0 Å². The third-order valence-electron chi connectivity index (χ3n) is 3.36. The van der Waals surface area contributed by atoms with Crippen LogP contribution in [0.2, 0.25) is 0 Å². The van der Waals surface area contributed by atoms with E-state index in [2.05, 4.69) is 18.8 Å². The largest absolute Gasteiger partial charge is 0.333 e. The summed E-state index contributed by atoms with van der Waals surface area (Å²) in [5.41, 5.74) is 1.01. The summed E-state index contributed by atoms with van der Waals surface area (Å²) in [6, 6.07) is 5.85. The number of hydroxylamine groups is 2. The van der Waals surface area contributed by atoms with Crippen LogP contribution in [0, 0.1) is 0 Å². The maximum Gasteiger partial charge on any atom is 0.333 e. The van der Waals surface area contributed by atoms with Gasteiger partial charge >= 0.3 is 5.97 Å². The molecule has 0 aliphatic carbocycles. The van der Waals surface area contributed by atoms with Gasteiger partial charge in [0.05, 0.1) is 10.4 Å². The van der Waals surface area contributed by atoms with E-state index in [-0.39, 0.29) is 24.0 Å². The summed E-state index contributed by atoms with van der Waals surface area (Å²) in [5, 5.41) is 0.592. The van der Waals surface area contributed by atoms with Crippen molar-refractivity contribution in [2.24, 2.45) is 0 Å². The molecule has 0 radical (unpaired) electrons. The van der Waals surface area contributed by atoms with Crippen LogP contribution < -0.4 is 0 Å². The molecule has 6 nitrogen and oxygen atoms in total. The zero-order valence-corrected chi connectivity index (χ0v) is 15.3. The van der Waals surface area contributed by atoms with E-state index in [1.54, 1.807) is 27.8 Å². The van der Waals surface area contributed by atoms with E-state index in [4.69, 9.17) is 4.84 Å². The van der Waals surface area contributed by atoms with Gasteiger partial charge < -0.3 is 4.84 Å². The summed E-state index contributed by atoms with van der Waals surface area (Å²) < 4.78 is -0.124. The monoisotopic (exact) mass is 368 g/mol. The van der Waals surface area contributed by atoms with Gasteiger partial charge in [0.1, 0.15) is 0 Å². The Morgan fingerprint density at radius 1 is 1.29 bits per heavy atom. The molecule has 24 heavy (non-hydrogen) atoms. The lowest BCUT2D eigenvalue weighted by molar-refractivity contribution is -0.197. The van der Waals surface area contributed by atoms with Crippen molar-refractivity contribution in [3.63, 3.8) is 0 Å². The van der Waals surface area contributed by atoms with Crippen molar-refractivity contribution in [2.45, 2.75) is 44.3 Å². The van der Waals surface area contributed by atoms with Crippen LogP contribution in [0.3, 0.4) is 0 Å². The van der Waals surface area contributed by atoms with E-state index < -0.39 is 17.8 Å². The number of rotatable bonds is 8. The second kappa shape index (κ2) is 8.53. The highest BCUT2D eigenvalue weighted by atomic mass is 33.1. The highest BCUT2D eigenvalue weighted by Gasteiger charge is 2.32. The molecule has 2 amide bonds. The molecule has 1 aromatic heterocycles. The normalized spacial score (nSPS) is 15.0. The molecule has 0 atom stereocenters. The molecule has 0 aromatic carbocycles. The fourth-order valence-corrected chi connectivity index (χ4v) is 4.62. The number of imide groups is 1. The number of pyridine rings is 1. The standard InChI is InChI=1S/C16H20N2O4S2/c1-16(2,12-6-3-4-10-17-12)24-23-11-5-7-15(21)22-18-13(19)8-9-14(18)20/h3-4,6,10H,5,7-9,11H2,1-2H3. The van der Waals surface area contributed by atoms with E-state index in [1.165, 1.54) is 0 Å². The molecule has 0 bridgehead atoms. The van der Waals surface area contributed by atoms with E-state index >= 15 is 0 Å². The second-order valence-electron chi connectivity index (χ2n) is 5.78. The molecular formula is C16H20N2O4S2. The maximum absolute atomic E-state index is 11.7. The Labute approximate surface area is 149 Å². The fraction of sp³-hybridized carbons (Fsp3) is 0.500. The molecule has 1 aliphatic rings.